The standard InChI is InChI=1S/C15H10F3NO2/c16-15(17,18)9-6-12-11(8-14(20)19-12)13(7-9)21-10-4-2-1-3-5-10/h1-7H,8H2,(H,19,20). The molecule has 1 aliphatic rings. The number of ether oxygens (including phenoxy) is 1. The third-order valence-electron chi connectivity index (χ3n) is 3.12. The van der Waals surface area contributed by atoms with Gasteiger partial charge in [0.2, 0.25) is 5.91 Å². The molecule has 21 heavy (non-hydrogen) atoms. The van der Waals surface area contributed by atoms with Gasteiger partial charge in [0, 0.05) is 11.3 Å². The summed E-state index contributed by atoms with van der Waals surface area (Å²) in [5, 5.41) is 2.42. The van der Waals surface area contributed by atoms with Crippen molar-refractivity contribution in [2.24, 2.45) is 0 Å². The molecule has 3 nitrogen and oxygen atoms in total. The zero-order chi connectivity index (χ0) is 15.0. The number of halogens is 3. The predicted molar refractivity (Wildman–Crippen MR) is 70.3 cm³/mol. The molecule has 0 bridgehead atoms. The van der Waals surface area contributed by atoms with Gasteiger partial charge in [0.25, 0.3) is 0 Å². The quantitative estimate of drug-likeness (QED) is 0.909. The number of hydrogen-bond donors (Lipinski definition) is 1. The van der Waals surface area contributed by atoms with E-state index in [1.54, 1.807) is 30.3 Å². The Bertz CT molecular complexity index is 696. The lowest BCUT2D eigenvalue weighted by molar-refractivity contribution is -0.137. The highest BCUT2D eigenvalue weighted by Crippen LogP contribution is 2.41. The lowest BCUT2D eigenvalue weighted by Crippen LogP contribution is -2.06. The maximum Gasteiger partial charge on any atom is 0.416 e. The maximum atomic E-state index is 12.9. The molecule has 0 radical (unpaired) electrons. The Morgan fingerprint density at radius 3 is 2.48 bits per heavy atom. The lowest BCUT2D eigenvalue weighted by Gasteiger charge is -2.14. The van der Waals surface area contributed by atoms with Gasteiger partial charge >= 0.3 is 6.18 Å². The van der Waals surface area contributed by atoms with Crippen molar-refractivity contribution < 1.29 is 22.7 Å². The zero-order valence-electron chi connectivity index (χ0n) is 10.7. The number of hydrogen-bond acceptors (Lipinski definition) is 2. The molecule has 0 spiro atoms. The number of nitrogens with one attached hydrogen (secondary N) is 1. The molecular weight excluding hydrogens is 283 g/mol. The third kappa shape index (κ3) is 2.69. The molecule has 0 saturated heterocycles. The SMILES string of the molecule is O=C1Cc2c(cc(C(F)(F)F)cc2Oc2ccccc2)N1. The van der Waals surface area contributed by atoms with Gasteiger partial charge in [-0.3, -0.25) is 4.79 Å². The first-order chi connectivity index (χ1) is 9.93. The topological polar surface area (TPSA) is 38.3 Å². The number of alkyl halides is 3. The molecule has 2 aromatic rings. The second-order valence-electron chi connectivity index (χ2n) is 4.64. The normalized spacial score (nSPS) is 13.8. The molecule has 1 heterocycles. The van der Waals surface area contributed by atoms with Crippen molar-refractivity contribution in [3.05, 3.63) is 53.6 Å². The Labute approximate surface area is 118 Å². The van der Waals surface area contributed by atoms with Crippen LogP contribution < -0.4 is 10.1 Å². The largest absolute Gasteiger partial charge is 0.457 e. The summed E-state index contributed by atoms with van der Waals surface area (Å²) in [5.41, 5.74) is -0.257. The highest BCUT2D eigenvalue weighted by molar-refractivity contribution is 6.00. The van der Waals surface area contributed by atoms with Crippen LogP contribution >= 0.6 is 0 Å². The van der Waals surface area contributed by atoms with Crippen molar-refractivity contribution in [1.82, 2.24) is 0 Å². The van der Waals surface area contributed by atoms with E-state index in [1.807, 2.05) is 0 Å². The Balaban J connectivity index is 2.06. The van der Waals surface area contributed by atoms with E-state index >= 15 is 0 Å². The number of para-hydroxylation sites is 1. The molecule has 1 N–H and O–H groups in total. The number of fused-ring (bicyclic) bond motifs is 1. The van der Waals surface area contributed by atoms with E-state index in [4.69, 9.17) is 4.74 Å². The van der Waals surface area contributed by atoms with Crippen molar-refractivity contribution in [3.8, 4) is 11.5 Å². The minimum Gasteiger partial charge on any atom is -0.457 e. The number of carbonyl (C=O) groups excluding carboxylic acids is 1. The molecule has 0 fully saturated rings. The van der Waals surface area contributed by atoms with Gasteiger partial charge in [0.15, 0.2) is 0 Å². The monoisotopic (exact) mass is 293 g/mol. The molecule has 1 aliphatic heterocycles. The van der Waals surface area contributed by atoms with Crippen molar-refractivity contribution in [2.75, 3.05) is 5.32 Å². The lowest BCUT2D eigenvalue weighted by atomic mass is 10.1. The summed E-state index contributed by atoms with van der Waals surface area (Å²) in [6, 6.07) is 10.3. The molecule has 0 atom stereocenters. The molecule has 2 aromatic carbocycles. The summed E-state index contributed by atoms with van der Waals surface area (Å²) in [5.74, 6) is 0.116. The summed E-state index contributed by atoms with van der Waals surface area (Å²) < 4.78 is 44.2. The number of rotatable bonds is 2. The van der Waals surface area contributed by atoms with Crippen molar-refractivity contribution in [2.45, 2.75) is 12.6 Å². The van der Waals surface area contributed by atoms with E-state index < -0.39 is 11.7 Å². The number of amides is 1. The molecule has 0 aromatic heterocycles. The van der Waals surface area contributed by atoms with Crippen molar-refractivity contribution in [1.29, 1.82) is 0 Å². The molecule has 3 rings (SSSR count). The summed E-state index contributed by atoms with van der Waals surface area (Å²) in [7, 11) is 0. The van der Waals surface area contributed by atoms with Gasteiger partial charge in [-0.15, -0.1) is 0 Å². The van der Waals surface area contributed by atoms with E-state index in [-0.39, 0.29) is 23.8 Å². The van der Waals surface area contributed by atoms with Crippen LogP contribution in [0.4, 0.5) is 18.9 Å². The molecular formula is C15H10F3NO2. The van der Waals surface area contributed by atoms with Crippen LogP contribution in [0.3, 0.4) is 0 Å². The number of anilines is 1. The van der Waals surface area contributed by atoms with E-state index in [0.29, 0.717) is 11.3 Å². The third-order valence-corrected chi connectivity index (χ3v) is 3.12. The Hall–Kier alpha value is -2.50. The van der Waals surface area contributed by atoms with Crippen LogP contribution in [0, 0.1) is 0 Å². The molecule has 108 valence electrons. The molecule has 1 amide bonds. The molecule has 6 heteroatoms. The fraction of sp³-hybridized carbons (Fsp3) is 0.133. The van der Waals surface area contributed by atoms with Crippen LogP contribution in [0.2, 0.25) is 0 Å². The van der Waals surface area contributed by atoms with E-state index in [0.717, 1.165) is 12.1 Å². The van der Waals surface area contributed by atoms with Crippen LogP contribution in [-0.2, 0) is 17.4 Å². The first-order valence-corrected chi connectivity index (χ1v) is 6.20. The minimum absolute atomic E-state index is 0.00956. The average Bonchev–Trinajstić information content (AvgIpc) is 2.79. The smallest absolute Gasteiger partial charge is 0.416 e. The highest BCUT2D eigenvalue weighted by atomic mass is 19.4. The van der Waals surface area contributed by atoms with E-state index in [1.165, 1.54) is 0 Å². The Morgan fingerprint density at radius 2 is 1.81 bits per heavy atom. The first kappa shape index (κ1) is 13.5. The average molecular weight is 293 g/mol. The van der Waals surface area contributed by atoms with Gasteiger partial charge in [0.05, 0.1) is 12.0 Å². The van der Waals surface area contributed by atoms with Gasteiger partial charge < -0.3 is 10.1 Å². The summed E-state index contributed by atoms with van der Waals surface area (Å²) in [6.07, 6.45) is -4.49. The minimum atomic E-state index is -4.50. The van der Waals surface area contributed by atoms with E-state index in [9.17, 15) is 18.0 Å². The van der Waals surface area contributed by atoms with Gasteiger partial charge in [0.1, 0.15) is 11.5 Å². The van der Waals surface area contributed by atoms with Crippen LogP contribution in [0.1, 0.15) is 11.1 Å². The van der Waals surface area contributed by atoms with Crippen LogP contribution in [0.5, 0.6) is 11.5 Å². The Morgan fingerprint density at radius 1 is 1.10 bits per heavy atom. The molecule has 0 unspecified atom stereocenters. The van der Waals surface area contributed by atoms with E-state index in [2.05, 4.69) is 5.32 Å². The molecule has 0 saturated carbocycles. The highest BCUT2D eigenvalue weighted by Gasteiger charge is 2.34. The first-order valence-electron chi connectivity index (χ1n) is 6.20. The summed E-state index contributed by atoms with van der Waals surface area (Å²) in [6.45, 7) is 0. The predicted octanol–water partition coefficient (Wildman–Crippen LogP) is 3.99. The van der Waals surface area contributed by atoms with Crippen LogP contribution in [-0.4, -0.2) is 5.91 Å². The van der Waals surface area contributed by atoms with Crippen LogP contribution in [0.15, 0.2) is 42.5 Å². The van der Waals surface area contributed by atoms with Gasteiger partial charge in [-0.2, -0.15) is 13.2 Å². The number of benzene rings is 2. The fourth-order valence-corrected chi connectivity index (χ4v) is 2.16. The van der Waals surface area contributed by atoms with Gasteiger partial charge in [-0.25, -0.2) is 0 Å². The zero-order valence-corrected chi connectivity index (χ0v) is 10.7. The van der Waals surface area contributed by atoms with Gasteiger partial charge in [-0.05, 0) is 24.3 Å². The Kier molecular flexibility index (Phi) is 3.08. The molecule has 0 aliphatic carbocycles. The maximum absolute atomic E-state index is 12.9. The second kappa shape index (κ2) is 4.80. The van der Waals surface area contributed by atoms with Crippen LogP contribution in [0.25, 0.3) is 0 Å². The second-order valence-corrected chi connectivity index (χ2v) is 4.64. The summed E-state index contributed by atoms with van der Waals surface area (Å²) in [4.78, 5) is 11.4. The van der Waals surface area contributed by atoms with Crippen molar-refractivity contribution >= 4 is 11.6 Å². The summed E-state index contributed by atoms with van der Waals surface area (Å²) >= 11 is 0. The van der Waals surface area contributed by atoms with Gasteiger partial charge in [-0.1, -0.05) is 18.2 Å². The number of carbonyl (C=O) groups is 1. The van der Waals surface area contributed by atoms with Crippen molar-refractivity contribution in [3.63, 3.8) is 0 Å². The fourth-order valence-electron chi connectivity index (χ4n) is 2.16.